The van der Waals surface area contributed by atoms with Crippen LogP contribution < -0.4 is 15.8 Å². The monoisotopic (exact) mass is 236 g/mol. The molecule has 0 saturated heterocycles. The third-order valence-corrected chi connectivity index (χ3v) is 2.64. The number of carbonyl (C=O) groups is 1. The molecule has 1 rings (SSSR count). The third-order valence-electron chi connectivity index (χ3n) is 2.64. The molecule has 0 saturated carbocycles. The van der Waals surface area contributed by atoms with E-state index < -0.39 is 6.04 Å². The zero-order chi connectivity index (χ0) is 13.0. The molecule has 0 unspecified atom stereocenters. The molecule has 3 N–H and O–H groups in total. The van der Waals surface area contributed by atoms with Gasteiger partial charge in [0.25, 0.3) is 0 Å². The highest BCUT2D eigenvalue weighted by Gasteiger charge is 2.18. The smallest absolute Gasteiger partial charge is 0.241 e. The lowest BCUT2D eigenvalue weighted by molar-refractivity contribution is -0.118. The Kier molecular flexibility index (Phi) is 4.52. The Morgan fingerprint density at radius 1 is 1.41 bits per heavy atom. The minimum Gasteiger partial charge on any atom is -0.495 e. The van der Waals surface area contributed by atoms with Gasteiger partial charge in [-0.2, -0.15) is 0 Å². The lowest BCUT2D eigenvalue weighted by Gasteiger charge is -2.17. The summed E-state index contributed by atoms with van der Waals surface area (Å²) in [5.74, 6) is 0.558. The molecule has 4 nitrogen and oxygen atoms in total. The van der Waals surface area contributed by atoms with E-state index in [2.05, 4.69) is 5.32 Å². The number of carbonyl (C=O) groups excluding carboxylic acids is 1. The van der Waals surface area contributed by atoms with Crippen molar-refractivity contribution in [1.29, 1.82) is 0 Å². The van der Waals surface area contributed by atoms with Gasteiger partial charge in [-0.25, -0.2) is 0 Å². The molecule has 94 valence electrons. The second kappa shape index (κ2) is 5.68. The molecule has 0 aliphatic heterocycles. The summed E-state index contributed by atoms with van der Waals surface area (Å²) >= 11 is 0. The van der Waals surface area contributed by atoms with Gasteiger partial charge in [0.05, 0.1) is 18.8 Å². The molecule has 0 bridgehead atoms. The van der Waals surface area contributed by atoms with Crippen molar-refractivity contribution in [3.8, 4) is 5.75 Å². The van der Waals surface area contributed by atoms with E-state index >= 15 is 0 Å². The SMILES string of the molecule is COc1cc(C)ccc1NC(=O)[C@H](N)C(C)C. The highest BCUT2D eigenvalue weighted by molar-refractivity contribution is 5.96. The van der Waals surface area contributed by atoms with Crippen molar-refractivity contribution < 1.29 is 9.53 Å². The number of hydrogen-bond donors (Lipinski definition) is 2. The van der Waals surface area contributed by atoms with Gasteiger partial charge in [0.15, 0.2) is 0 Å². The first-order chi connectivity index (χ1) is 7.95. The summed E-state index contributed by atoms with van der Waals surface area (Å²) in [6.07, 6.45) is 0. The summed E-state index contributed by atoms with van der Waals surface area (Å²) in [5.41, 5.74) is 7.51. The van der Waals surface area contributed by atoms with Crippen LogP contribution in [0.3, 0.4) is 0 Å². The average Bonchev–Trinajstić information content (AvgIpc) is 2.30. The van der Waals surface area contributed by atoms with Gasteiger partial charge in [0.2, 0.25) is 5.91 Å². The molecule has 0 spiro atoms. The van der Waals surface area contributed by atoms with Crippen LogP contribution in [0.1, 0.15) is 19.4 Å². The number of benzene rings is 1. The summed E-state index contributed by atoms with van der Waals surface area (Å²) < 4.78 is 5.21. The molecule has 0 aromatic heterocycles. The molecule has 4 heteroatoms. The summed E-state index contributed by atoms with van der Waals surface area (Å²) in [5, 5.41) is 2.78. The molecule has 0 aliphatic rings. The van der Waals surface area contributed by atoms with E-state index in [-0.39, 0.29) is 11.8 Å². The van der Waals surface area contributed by atoms with Crippen LogP contribution in [-0.2, 0) is 4.79 Å². The zero-order valence-electron chi connectivity index (χ0n) is 10.8. The molecule has 1 atom stereocenters. The van der Waals surface area contributed by atoms with E-state index in [0.29, 0.717) is 11.4 Å². The lowest BCUT2D eigenvalue weighted by Crippen LogP contribution is -2.39. The Bertz CT molecular complexity index is 402. The Morgan fingerprint density at radius 2 is 2.06 bits per heavy atom. The molecule has 1 aromatic rings. The minimum atomic E-state index is -0.513. The van der Waals surface area contributed by atoms with Crippen molar-refractivity contribution in [1.82, 2.24) is 0 Å². The van der Waals surface area contributed by atoms with Gasteiger partial charge in [0, 0.05) is 0 Å². The molecule has 0 fully saturated rings. The van der Waals surface area contributed by atoms with Crippen molar-refractivity contribution in [2.45, 2.75) is 26.8 Å². The van der Waals surface area contributed by atoms with E-state index in [9.17, 15) is 4.79 Å². The fourth-order valence-corrected chi connectivity index (χ4v) is 1.42. The summed E-state index contributed by atoms with van der Waals surface area (Å²) in [6.45, 7) is 5.79. The van der Waals surface area contributed by atoms with E-state index in [1.807, 2.05) is 39.0 Å². The van der Waals surface area contributed by atoms with Crippen LogP contribution in [0.4, 0.5) is 5.69 Å². The fourth-order valence-electron chi connectivity index (χ4n) is 1.42. The van der Waals surface area contributed by atoms with Crippen molar-refractivity contribution in [3.05, 3.63) is 23.8 Å². The van der Waals surface area contributed by atoms with Crippen molar-refractivity contribution in [2.24, 2.45) is 11.7 Å². The van der Waals surface area contributed by atoms with Crippen molar-refractivity contribution >= 4 is 11.6 Å². The van der Waals surface area contributed by atoms with Crippen LogP contribution in [0, 0.1) is 12.8 Å². The molecular formula is C13H20N2O2. The fraction of sp³-hybridized carbons (Fsp3) is 0.462. The van der Waals surface area contributed by atoms with Crippen molar-refractivity contribution in [3.63, 3.8) is 0 Å². The number of rotatable bonds is 4. The normalized spacial score (nSPS) is 12.4. The van der Waals surface area contributed by atoms with E-state index in [4.69, 9.17) is 10.5 Å². The average molecular weight is 236 g/mol. The molecule has 0 heterocycles. The number of methoxy groups -OCH3 is 1. The van der Waals surface area contributed by atoms with Crippen LogP contribution in [0.25, 0.3) is 0 Å². The Balaban J connectivity index is 2.84. The molecular weight excluding hydrogens is 216 g/mol. The van der Waals surface area contributed by atoms with Gasteiger partial charge in [0.1, 0.15) is 5.75 Å². The maximum atomic E-state index is 11.8. The second-order valence-electron chi connectivity index (χ2n) is 4.46. The minimum absolute atomic E-state index is 0.103. The molecule has 0 radical (unpaired) electrons. The number of aryl methyl sites for hydroxylation is 1. The first-order valence-corrected chi connectivity index (χ1v) is 5.66. The Morgan fingerprint density at radius 3 is 2.59 bits per heavy atom. The molecule has 0 aliphatic carbocycles. The van der Waals surface area contributed by atoms with Crippen LogP contribution in [0.2, 0.25) is 0 Å². The van der Waals surface area contributed by atoms with Crippen LogP contribution in [0.5, 0.6) is 5.75 Å². The van der Waals surface area contributed by atoms with Crippen LogP contribution in [0.15, 0.2) is 18.2 Å². The number of ether oxygens (including phenoxy) is 1. The summed E-state index contributed by atoms with van der Waals surface area (Å²) in [6, 6.07) is 5.09. The molecule has 17 heavy (non-hydrogen) atoms. The van der Waals surface area contributed by atoms with Crippen LogP contribution in [-0.4, -0.2) is 19.1 Å². The van der Waals surface area contributed by atoms with Crippen molar-refractivity contribution in [2.75, 3.05) is 12.4 Å². The van der Waals surface area contributed by atoms with E-state index in [1.165, 1.54) is 0 Å². The standard InChI is InChI=1S/C13H20N2O2/c1-8(2)12(14)13(16)15-10-6-5-9(3)7-11(10)17-4/h5-8,12H,14H2,1-4H3,(H,15,16)/t12-/m1/s1. The summed E-state index contributed by atoms with van der Waals surface area (Å²) in [4.78, 5) is 11.8. The number of anilines is 1. The zero-order valence-corrected chi connectivity index (χ0v) is 10.8. The number of nitrogens with two attached hydrogens (primary N) is 1. The topological polar surface area (TPSA) is 64.3 Å². The Hall–Kier alpha value is -1.55. The Labute approximate surface area is 102 Å². The maximum Gasteiger partial charge on any atom is 0.241 e. The van der Waals surface area contributed by atoms with Crippen LogP contribution >= 0.6 is 0 Å². The number of amides is 1. The first kappa shape index (κ1) is 13.5. The number of nitrogens with one attached hydrogen (secondary N) is 1. The highest BCUT2D eigenvalue weighted by Crippen LogP contribution is 2.25. The highest BCUT2D eigenvalue weighted by atomic mass is 16.5. The molecule has 1 amide bonds. The largest absolute Gasteiger partial charge is 0.495 e. The number of hydrogen-bond acceptors (Lipinski definition) is 3. The summed E-state index contributed by atoms with van der Waals surface area (Å²) in [7, 11) is 1.58. The predicted molar refractivity (Wildman–Crippen MR) is 69.2 cm³/mol. The van der Waals surface area contributed by atoms with Gasteiger partial charge in [-0.1, -0.05) is 19.9 Å². The quantitative estimate of drug-likeness (QED) is 0.839. The van der Waals surface area contributed by atoms with Gasteiger partial charge < -0.3 is 15.8 Å². The van der Waals surface area contributed by atoms with E-state index in [0.717, 1.165) is 5.56 Å². The van der Waals surface area contributed by atoms with Gasteiger partial charge >= 0.3 is 0 Å². The first-order valence-electron chi connectivity index (χ1n) is 5.66. The van der Waals surface area contributed by atoms with Gasteiger partial charge in [-0.15, -0.1) is 0 Å². The predicted octanol–water partition coefficient (Wildman–Crippen LogP) is 1.93. The van der Waals surface area contributed by atoms with Gasteiger partial charge in [-0.05, 0) is 30.5 Å². The third kappa shape index (κ3) is 3.46. The van der Waals surface area contributed by atoms with Gasteiger partial charge in [-0.3, -0.25) is 4.79 Å². The second-order valence-corrected chi connectivity index (χ2v) is 4.46. The van der Waals surface area contributed by atoms with E-state index in [1.54, 1.807) is 7.11 Å². The molecule has 1 aromatic carbocycles. The lowest BCUT2D eigenvalue weighted by atomic mass is 10.0. The maximum absolute atomic E-state index is 11.8.